The van der Waals surface area contributed by atoms with Crippen molar-refractivity contribution >= 4 is 29.6 Å². The summed E-state index contributed by atoms with van der Waals surface area (Å²) >= 11 is 0. The molecule has 1 aromatic rings. The van der Waals surface area contributed by atoms with Crippen LogP contribution in [-0.4, -0.2) is 75.9 Å². The molecule has 3 atom stereocenters. The fourth-order valence-electron chi connectivity index (χ4n) is 3.57. The summed E-state index contributed by atoms with van der Waals surface area (Å²) in [5.41, 5.74) is 11.6. The third-order valence-electron chi connectivity index (χ3n) is 5.28. The molecule has 3 unspecified atom stereocenters. The second kappa shape index (κ2) is 11.8. The number of nitrogens with zero attached hydrogens (tertiary/aromatic N) is 1. The Morgan fingerprint density at radius 3 is 2.42 bits per heavy atom. The molecule has 0 aromatic heterocycles. The van der Waals surface area contributed by atoms with E-state index in [-0.39, 0.29) is 25.0 Å². The molecule has 0 aliphatic carbocycles. The van der Waals surface area contributed by atoms with Crippen LogP contribution in [0.15, 0.2) is 24.3 Å². The number of nitrogens with one attached hydrogen (secondary N) is 2. The number of primary amides is 1. The van der Waals surface area contributed by atoms with Crippen molar-refractivity contribution in [2.24, 2.45) is 11.5 Å². The highest BCUT2D eigenvalue weighted by molar-refractivity contribution is 5.94. The number of phenols is 1. The number of carbonyl (C=O) groups is 5. The molecule has 4 amide bonds. The lowest BCUT2D eigenvalue weighted by Crippen LogP contribution is -2.56. The van der Waals surface area contributed by atoms with Gasteiger partial charge in [0.1, 0.15) is 24.4 Å². The zero-order valence-electron chi connectivity index (χ0n) is 18.0. The van der Waals surface area contributed by atoms with E-state index in [1.165, 1.54) is 17.0 Å². The van der Waals surface area contributed by atoms with E-state index in [1.54, 1.807) is 12.1 Å². The van der Waals surface area contributed by atoms with Crippen LogP contribution in [0.4, 0.5) is 0 Å². The number of aliphatic carboxylic acids is 1. The first-order valence-corrected chi connectivity index (χ1v) is 10.5. The Hall–Kier alpha value is -3.67. The molecule has 33 heavy (non-hydrogen) atoms. The van der Waals surface area contributed by atoms with E-state index in [1.807, 2.05) is 0 Å². The molecule has 180 valence electrons. The van der Waals surface area contributed by atoms with Crippen LogP contribution in [-0.2, 0) is 30.4 Å². The lowest BCUT2D eigenvalue weighted by atomic mass is 10.0. The number of amides is 4. The normalized spacial score (nSPS) is 17.1. The van der Waals surface area contributed by atoms with Gasteiger partial charge in [-0.25, -0.2) is 0 Å². The van der Waals surface area contributed by atoms with Gasteiger partial charge in [-0.1, -0.05) is 12.1 Å². The van der Waals surface area contributed by atoms with Crippen LogP contribution >= 0.6 is 0 Å². The number of rotatable bonds is 11. The molecular formula is C21H29N5O7. The zero-order valence-corrected chi connectivity index (χ0v) is 18.0. The van der Waals surface area contributed by atoms with Gasteiger partial charge in [0.2, 0.25) is 23.6 Å². The molecule has 0 bridgehead atoms. The second-order valence-corrected chi connectivity index (χ2v) is 7.84. The summed E-state index contributed by atoms with van der Waals surface area (Å²) < 4.78 is 0. The third-order valence-corrected chi connectivity index (χ3v) is 5.28. The van der Waals surface area contributed by atoms with Crippen molar-refractivity contribution in [3.63, 3.8) is 0 Å². The summed E-state index contributed by atoms with van der Waals surface area (Å²) in [5.74, 6) is -3.55. The summed E-state index contributed by atoms with van der Waals surface area (Å²) in [6, 6.07) is 3.04. The van der Waals surface area contributed by atoms with E-state index in [0.29, 0.717) is 24.9 Å². The van der Waals surface area contributed by atoms with Crippen molar-refractivity contribution in [2.75, 3.05) is 13.1 Å². The largest absolute Gasteiger partial charge is 0.508 e. The Bertz CT molecular complexity index is 889. The first kappa shape index (κ1) is 25.6. The van der Waals surface area contributed by atoms with E-state index in [0.717, 1.165) is 0 Å². The van der Waals surface area contributed by atoms with Crippen molar-refractivity contribution in [2.45, 2.75) is 50.2 Å². The molecular weight excluding hydrogens is 434 g/mol. The Morgan fingerprint density at radius 2 is 1.82 bits per heavy atom. The summed E-state index contributed by atoms with van der Waals surface area (Å²) in [4.78, 5) is 61.3. The smallest absolute Gasteiger partial charge is 0.322 e. The van der Waals surface area contributed by atoms with Gasteiger partial charge < -0.3 is 37.2 Å². The van der Waals surface area contributed by atoms with Crippen LogP contribution < -0.4 is 22.1 Å². The quantitative estimate of drug-likeness (QED) is 0.220. The van der Waals surface area contributed by atoms with Gasteiger partial charge in [0.15, 0.2) is 0 Å². The van der Waals surface area contributed by atoms with Crippen molar-refractivity contribution < 1.29 is 34.2 Å². The van der Waals surface area contributed by atoms with Crippen LogP contribution in [0.5, 0.6) is 5.75 Å². The molecule has 1 fully saturated rings. The molecule has 1 saturated heterocycles. The number of carbonyl (C=O) groups excluding carboxylic acids is 4. The van der Waals surface area contributed by atoms with Crippen molar-refractivity contribution in [1.29, 1.82) is 0 Å². The lowest BCUT2D eigenvalue weighted by molar-refractivity contribution is -0.141. The highest BCUT2D eigenvalue weighted by Gasteiger charge is 2.37. The molecule has 1 aromatic carbocycles. The fourth-order valence-corrected chi connectivity index (χ4v) is 3.57. The number of benzene rings is 1. The SMILES string of the molecule is NC(=O)CCC(N)C(=O)N1CCCC1C(=O)NC(Cc1ccc(O)cc1)C(=O)NCC(=O)O. The highest BCUT2D eigenvalue weighted by Crippen LogP contribution is 2.20. The maximum absolute atomic E-state index is 13.0. The van der Waals surface area contributed by atoms with Crippen molar-refractivity contribution in [3.8, 4) is 5.75 Å². The van der Waals surface area contributed by atoms with Gasteiger partial charge in [0.25, 0.3) is 0 Å². The lowest BCUT2D eigenvalue weighted by Gasteiger charge is -2.28. The van der Waals surface area contributed by atoms with Gasteiger partial charge in [-0.05, 0) is 37.0 Å². The van der Waals surface area contributed by atoms with E-state index in [9.17, 15) is 29.1 Å². The van der Waals surface area contributed by atoms with Gasteiger partial charge in [0.05, 0.1) is 6.04 Å². The Morgan fingerprint density at radius 1 is 1.15 bits per heavy atom. The van der Waals surface area contributed by atoms with Crippen LogP contribution in [0, 0.1) is 0 Å². The number of carboxylic acid groups (broad SMARTS) is 1. The van der Waals surface area contributed by atoms with E-state index in [2.05, 4.69) is 10.6 Å². The van der Waals surface area contributed by atoms with Crippen LogP contribution in [0.2, 0.25) is 0 Å². The van der Waals surface area contributed by atoms with Gasteiger partial charge >= 0.3 is 5.97 Å². The Labute approximate surface area is 190 Å². The average Bonchev–Trinajstić information content (AvgIpc) is 3.26. The monoisotopic (exact) mass is 463 g/mol. The molecule has 1 aliphatic rings. The van der Waals surface area contributed by atoms with Crippen LogP contribution in [0.3, 0.4) is 0 Å². The van der Waals surface area contributed by atoms with Crippen LogP contribution in [0.25, 0.3) is 0 Å². The first-order valence-electron chi connectivity index (χ1n) is 10.5. The molecule has 0 saturated carbocycles. The summed E-state index contributed by atoms with van der Waals surface area (Å²) in [5, 5.41) is 23.1. The topological polar surface area (TPSA) is 205 Å². The van der Waals surface area contributed by atoms with Crippen molar-refractivity contribution in [1.82, 2.24) is 15.5 Å². The number of hydrogen-bond donors (Lipinski definition) is 6. The zero-order chi connectivity index (χ0) is 24.5. The first-order chi connectivity index (χ1) is 15.6. The van der Waals surface area contributed by atoms with Gasteiger partial charge in [0, 0.05) is 19.4 Å². The Balaban J connectivity index is 2.11. The molecule has 0 radical (unpaired) electrons. The van der Waals surface area contributed by atoms with Gasteiger partial charge in [-0.15, -0.1) is 0 Å². The number of likely N-dealkylation sites (tertiary alicyclic amines) is 1. The highest BCUT2D eigenvalue weighted by atomic mass is 16.4. The molecule has 12 heteroatoms. The minimum absolute atomic E-state index is 0.0300. The van der Waals surface area contributed by atoms with Gasteiger partial charge in [-0.2, -0.15) is 0 Å². The number of nitrogens with two attached hydrogens (primary N) is 2. The van der Waals surface area contributed by atoms with E-state index < -0.39 is 54.3 Å². The molecule has 8 N–H and O–H groups in total. The third kappa shape index (κ3) is 7.75. The number of aromatic hydroxyl groups is 1. The van der Waals surface area contributed by atoms with Crippen LogP contribution in [0.1, 0.15) is 31.2 Å². The second-order valence-electron chi connectivity index (χ2n) is 7.84. The summed E-state index contributed by atoms with van der Waals surface area (Å²) in [6.07, 6.45) is 0.954. The summed E-state index contributed by atoms with van der Waals surface area (Å²) in [7, 11) is 0. The summed E-state index contributed by atoms with van der Waals surface area (Å²) in [6.45, 7) is -0.321. The standard InChI is InChI=1S/C21H29N5O7/c22-14(7-8-17(23)28)21(33)26-9-1-2-16(26)20(32)25-15(19(31)24-11-18(29)30)10-12-3-5-13(27)6-4-12/h3-6,14-16,27H,1-2,7-11,22H2,(H2,23,28)(H,24,31)(H,25,32)(H,29,30). The molecule has 0 spiro atoms. The molecule has 2 rings (SSSR count). The van der Waals surface area contributed by atoms with Crippen molar-refractivity contribution in [3.05, 3.63) is 29.8 Å². The predicted octanol–water partition coefficient (Wildman–Crippen LogP) is -1.80. The van der Waals surface area contributed by atoms with Gasteiger partial charge in [-0.3, -0.25) is 24.0 Å². The average molecular weight is 463 g/mol. The Kier molecular flexibility index (Phi) is 9.16. The number of hydrogen-bond acceptors (Lipinski definition) is 7. The molecule has 1 heterocycles. The predicted molar refractivity (Wildman–Crippen MR) is 116 cm³/mol. The molecule has 1 aliphatic heterocycles. The van der Waals surface area contributed by atoms with E-state index in [4.69, 9.17) is 16.6 Å². The number of phenolic OH excluding ortho intramolecular Hbond substituents is 1. The fraction of sp³-hybridized carbons (Fsp3) is 0.476. The number of carboxylic acids is 1. The van der Waals surface area contributed by atoms with E-state index >= 15 is 0 Å². The maximum Gasteiger partial charge on any atom is 0.322 e. The maximum atomic E-state index is 13.0. The molecule has 12 nitrogen and oxygen atoms in total. The minimum Gasteiger partial charge on any atom is -0.508 e. The minimum atomic E-state index is -1.24.